The number of anilines is 1. The average molecular weight is 256 g/mol. The van der Waals surface area contributed by atoms with E-state index in [4.69, 9.17) is 15.7 Å². The van der Waals surface area contributed by atoms with Crippen LogP contribution in [0.3, 0.4) is 0 Å². The number of carboxylic acid groups (broad SMARTS) is 1. The predicted molar refractivity (Wildman–Crippen MR) is 61.6 cm³/mol. The molecule has 1 rings (SSSR count). The van der Waals surface area contributed by atoms with Gasteiger partial charge in [-0.3, -0.25) is 9.59 Å². The summed E-state index contributed by atoms with van der Waals surface area (Å²) in [5, 5.41) is 13.8. The molecule has 7 nitrogen and oxygen atoms in total. The third-order valence-corrected chi connectivity index (χ3v) is 2.32. The van der Waals surface area contributed by atoms with E-state index in [1.54, 1.807) is 11.7 Å². The number of aromatic nitrogens is 1. The summed E-state index contributed by atoms with van der Waals surface area (Å²) in [4.78, 5) is 29.4. The highest BCUT2D eigenvalue weighted by molar-refractivity contribution is 7.13. The van der Waals surface area contributed by atoms with Gasteiger partial charge in [-0.25, -0.2) is 4.98 Å². The zero-order valence-corrected chi connectivity index (χ0v) is 9.57. The van der Waals surface area contributed by atoms with Gasteiger partial charge in [-0.05, 0) is 6.42 Å². The van der Waals surface area contributed by atoms with Gasteiger partial charge in [0.2, 0.25) is 0 Å². The maximum absolute atomic E-state index is 10.6. The summed E-state index contributed by atoms with van der Waals surface area (Å²) in [6, 6.07) is 0. The van der Waals surface area contributed by atoms with Crippen molar-refractivity contribution in [1.29, 1.82) is 0 Å². The van der Waals surface area contributed by atoms with Gasteiger partial charge in [0.25, 0.3) is 6.29 Å². The molecule has 0 bridgehead atoms. The summed E-state index contributed by atoms with van der Waals surface area (Å²) in [5.74, 6) is -0.910. The van der Waals surface area contributed by atoms with E-state index in [1.165, 1.54) is 11.3 Å². The second-order valence-corrected chi connectivity index (χ2v) is 3.83. The van der Waals surface area contributed by atoms with Crippen molar-refractivity contribution in [1.82, 2.24) is 4.98 Å². The van der Waals surface area contributed by atoms with Crippen LogP contribution in [0.5, 0.6) is 0 Å². The number of thiazole rings is 1. The fourth-order valence-corrected chi connectivity index (χ4v) is 1.46. The number of aliphatic carboxylic acids is 1. The van der Waals surface area contributed by atoms with Gasteiger partial charge in [0.05, 0.1) is 0 Å². The Labute approximate surface area is 101 Å². The molecule has 0 aliphatic rings. The lowest BCUT2D eigenvalue weighted by atomic mass is 10.3. The van der Waals surface area contributed by atoms with Crippen LogP contribution in [-0.2, 0) is 14.4 Å². The fraction of sp³-hybridized carbons (Fsp3) is 0.333. The summed E-state index contributed by atoms with van der Waals surface area (Å²) in [7, 11) is 0. The molecule has 1 heterocycles. The van der Waals surface area contributed by atoms with Gasteiger partial charge < -0.3 is 15.7 Å². The topological polar surface area (TPSA) is 115 Å². The molecule has 17 heavy (non-hydrogen) atoms. The van der Waals surface area contributed by atoms with Crippen LogP contribution in [0.15, 0.2) is 10.5 Å². The van der Waals surface area contributed by atoms with Crippen molar-refractivity contribution in [3.8, 4) is 0 Å². The van der Waals surface area contributed by atoms with E-state index in [0.717, 1.165) is 0 Å². The molecular formula is C9H10N3O4S. The molecule has 0 fully saturated rings. The highest BCUT2D eigenvalue weighted by atomic mass is 32.1. The van der Waals surface area contributed by atoms with Crippen molar-refractivity contribution in [2.75, 3.05) is 12.3 Å². The Kier molecular flexibility index (Phi) is 5.08. The minimum absolute atomic E-state index is 0.0146. The van der Waals surface area contributed by atoms with Crippen LogP contribution in [0.25, 0.3) is 0 Å². The molecule has 1 aromatic rings. The van der Waals surface area contributed by atoms with Crippen molar-refractivity contribution >= 4 is 34.4 Å². The maximum atomic E-state index is 10.6. The quantitative estimate of drug-likeness (QED) is 0.415. The third-order valence-electron chi connectivity index (χ3n) is 1.64. The van der Waals surface area contributed by atoms with E-state index < -0.39 is 5.97 Å². The largest absolute Gasteiger partial charge is 0.481 e. The number of nitrogen functional groups attached to an aromatic ring is 1. The number of nitrogens with zero attached hydrogens (tertiary/aromatic N) is 2. The second-order valence-electron chi connectivity index (χ2n) is 2.94. The minimum Gasteiger partial charge on any atom is -0.481 e. The second kappa shape index (κ2) is 6.59. The lowest BCUT2D eigenvalue weighted by molar-refractivity contribution is -0.137. The molecule has 3 N–H and O–H groups in total. The van der Waals surface area contributed by atoms with Crippen molar-refractivity contribution in [3.05, 3.63) is 11.1 Å². The first-order valence-corrected chi connectivity index (χ1v) is 5.52. The van der Waals surface area contributed by atoms with Crippen molar-refractivity contribution in [3.63, 3.8) is 0 Å². The van der Waals surface area contributed by atoms with E-state index in [9.17, 15) is 9.59 Å². The third kappa shape index (κ3) is 4.60. The first-order chi connectivity index (χ1) is 8.13. The zero-order chi connectivity index (χ0) is 12.7. The molecule has 0 saturated carbocycles. The molecule has 0 spiro atoms. The van der Waals surface area contributed by atoms with E-state index in [2.05, 4.69) is 10.1 Å². The van der Waals surface area contributed by atoms with Crippen molar-refractivity contribution in [2.24, 2.45) is 5.16 Å². The van der Waals surface area contributed by atoms with Gasteiger partial charge in [0.1, 0.15) is 12.3 Å². The zero-order valence-electron chi connectivity index (χ0n) is 8.75. The van der Waals surface area contributed by atoms with E-state index in [-0.39, 0.29) is 18.7 Å². The summed E-state index contributed by atoms with van der Waals surface area (Å²) < 4.78 is 0. The summed E-state index contributed by atoms with van der Waals surface area (Å²) in [5.41, 5.74) is 5.60. The van der Waals surface area contributed by atoms with Crippen LogP contribution < -0.4 is 5.73 Å². The Morgan fingerprint density at radius 3 is 3.00 bits per heavy atom. The van der Waals surface area contributed by atoms with Crippen molar-refractivity contribution in [2.45, 2.75) is 12.8 Å². The molecule has 0 atom stereocenters. The number of carbonyl (C=O) groups is 1. The highest BCUT2D eigenvalue weighted by Crippen LogP contribution is 2.11. The van der Waals surface area contributed by atoms with Gasteiger partial charge in [0.15, 0.2) is 10.8 Å². The van der Waals surface area contributed by atoms with Crippen LogP contribution in [0.4, 0.5) is 5.13 Å². The number of rotatable bonds is 7. The SMILES string of the molecule is Nc1nc(C([C]=O)=NOCCCC(=O)O)cs1. The molecule has 0 amide bonds. The van der Waals surface area contributed by atoms with Crippen LogP contribution in [-0.4, -0.2) is 34.7 Å². The van der Waals surface area contributed by atoms with Crippen LogP contribution in [0.2, 0.25) is 0 Å². The molecule has 0 aromatic carbocycles. The Bertz CT molecular complexity index is 430. The van der Waals surface area contributed by atoms with Crippen LogP contribution in [0, 0.1) is 0 Å². The monoisotopic (exact) mass is 256 g/mol. The summed E-state index contributed by atoms with van der Waals surface area (Å²) >= 11 is 1.17. The van der Waals surface area contributed by atoms with Gasteiger partial charge in [-0.15, -0.1) is 11.3 Å². The molecule has 0 unspecified atom stereocenters. The number of nitrogens with two attached hydrogens (primary N) is 1. The highest BCUT2D eigenvalue weighted by Gasteiger charge is 2.08. The average Bonchev–Trinajstić information content (AvgIpc) is 2.70. The molecule has 1 aromatic heterocycles. The number of hydrogen-bond acceptors (Lipinski definition) is 7. The molecule has 0 aliphatic carbocycles. The smallest absolute Gasteiger partial charge is 0.303 e. The Hall–Kier alpha value is -1.96. The van der Waals surface area contributed by atoms with Gasteiger partial charge >= 0.3 is 5.97 Å². The lowest BCUT2D eigenvalue weighted by Crippen LogP contribution is -2.05. The van der Waals surface area contributed by atoms with E-state index >= 15 is 0 Å². The fourth-order valence-electron chi connectivity index (χ4n) is 0.912. The number of hydrogen-bond donors (Lipinski definition) is 2. The van der Waals surface area contributed by atoms with E-state index in [0.29, 0.717) is 17.2 Å². The maximum Gasteiger partial charge on any atom is 0.303 e. The van der Waals surface area contributed by atoms with Crippen LogP contribution in [0.1, 0.15) is 18.5 Å². The molecule has 0 aliphatic heterocycles. The van der Waals surface area contributed by atoms with E-state index in [1.807, 2.05) is 0 Å². The number of carboxylic acids is 1. The molecular weight excluding hydrogens is 246 g/mol. The molecule has 8 heteroatoms. The standard InChI is InChI=1S/C9H10N3O4S/c10-9-11-7(5-17-9)6(4-13)12-16-3-1-2-8(14)15/h5H,1-3H2,(H2,10,11)(H,14,15). The molecule has 91 valence electrons. The normalized spacial score (nSPS) is 11.2. The Morgan fingerprint density at radius 2 is 2.47 bits per heavy atom. The predicted octanol–water partition coefficient (Wildman–Crippen LogP) is 0.420. The van der Waals surface area contributed by atoms with Gasteiger partial charge in [0, 0.05) is 11.8 Å². The van der Waals surface area contributed by atoms with Crippen molar-refractivity contribution < 1.29 is 19.5 Å². The summed E-state index contributed by atoms with van der Waals surface area (Å²) in [6.45, 7) is 0.108. The molecule has 0 saturated heterocycles. The lowest BCUT2D eigenvalue weighted by Gasteiger charge is -1.97. The van der Waals surface area contributed by atoms with Gasteiger partial charge in [-0.1, -0.05) is 5.16 Å². The number of oxime groups is 1. The summed E-state index contributed by atoms with van der Waals surface area (Å²) in [6.07, 6.45) is 1.87. The van der Waals surface area contributed by atoms with Crippen LogP contribution >= 0.6 is 11.3 Å². The Morgan fingerprint density at radius 1 is 1.71 bits per heavy atom. The Balaban J connectivity index is 2.45. The first-order valence-electron chi connectivity index (χ1n) is 4.64. The molecule has 1 radical (unpaired) electrons. The number of carbonyl (C=O) groups excluding carboxylic acids is 1. The van der Waals surface area contributed by atoms with Gasteiger partial charge in [-0.2, -0.15) is 0 Å². The first kappa shape index (κ1) is 13.1. The minimum atomic E-state index is -0.910.